The first-order chi connectivity index (χ1) is 6.49. The maximum atomic E-state index is 13.0. The van der Waals surface area contributed by atoms with E-state index in [0.29, 0.717) is 6.07 Å². The summed E-state index contributed by atoms with van der Waals surface area (Å²) < 4.78 is 30.3. The third-order valence-electron chi connectivity index (χ3n) is 1.53. The van der Waals surface area contributed by atoms with Gasteiger partial charge in [0.15, 0.2) is 11.6 Å². The van der Waals surface area contributed by atoms with Crippen molar-refractivity contribution in [2.24, 2.45) is 0 Å². The molecule has 1 aromatic carbocycles. The van der Waals surface area contributed by atoms with E-state index >= 15 is 0 Å². The summed E-state index contributed by atoms with van der Waals surface area (Å²) in [6.07, 6.45) is 0. The molecule has 0 aliphatic rings. The Hall–Kier alpha value is -0.870. The average Bonchev–Trinajstić information content (AvgIpc) is 2.12. The first kappa shape index (κ1) is 11.2. The van der Waals surface area contributed by atoms with E-state index in [-0.39, 0.29) is 10.6 Å². The Bertz CT molecular complexity index is 393. The molecule has 76 valence electrons. The van der Waals surface area contributed by atoms with Gasteiger partial charge in [-0.2, -0.15) is 4.39 Å². The topological polar surface area (TPSA) is 26.3 Å². The smallest absolute Gasteiger partial charge is 0.254 e. The minimum atomic E-state index is -1.25. The Labute approximate surface area is 88.4 Å². The van der Waals surface area contributed by atoms with E-state index in [9.17, 15) is 13.6 Å². The molecule has 0 amide bonds. The molecule has 0 atom stereocenters. The van der Waals surface area contributed by atoms with Crippen LogP contribution in [-0.2, 0) is 0 Å². The summed E-state index contributed by atoms with van der Waals surface area (Å²) in [6.45, 7) is 0. The molecule has 0 saturated carbocycles. The molecule has 0 bridgehead atoms. The Morgan fingerprint density at radius 2 is 2.07 bits per heavy atom. The van der Waals surface area contributed by atoms with E-state index < -0.39 is 22.6 Å². The van der Waals surface area contributed by atoms with Crippen LogP contribution in [0.1, 0.15) is 10.4 Å². The van der Waals surface area contributed by atoms with Gasteiger partial charge in [0.25, 0.3) is 5.24 Å². The van der Waals surface area contributed by atoms with Crippen LogP contribution < -0.4 is 4.74 Å². The van der Waals surface area contributed by atoms with Crippen molar-refractivity contribution in [3.8, 4) is 5.75 Å². The zero-order valence-corrected chi connectivity index (χ0v) is 8.42. The van der Waals surface area contributed by atoms with Crippen LogP contribution in [0.2, 0.25) is 5.02 Å². The van der Waals surface area contributed by atoms with Crippen LogP contribution >= 0.6 is 23.2 Å². The van der Waals surface area contributed by atoms with Gasteiger partial charge in [-0.25, -0.2) is 4.39 Å². The fraction of sp³-hybridized carbons (Fsp3) is 0.125. The number of rotatable bonds is 2. The zero-order valence-electron chi connectivity index (χ0n) is 6.91. The lowest BCUT2D eigenvalue weighted by Crippen LogP contribution is -2.00. The van der Waals surface area contributed by atoms with Gasteiger partial charge in [-0.15, -0.1) is 0 Å². The van der Waals surface area contributed by atoms with Gasteiger partial charge >= 0.3 is 0 Å². The maximum Gasteiger partial charge on any atom is 0.254 e. The SMILES string of the molecule is COc1c(F)c(F)cc(C(=O)Cl)c1Cl. The highest BCUT2D eigenvalue weighted by Gasteiger charge is 2.20. The quantitative estimate of drug-likeness (QED) is 0.587. The molecule has 0 fully saturated rings. The predicted molar refractivity (Wildman–Crippen MR) is 48.1 cm³/mol. The molecule has 0 radical (unpaired) electrons. The molecule has 0 aliphatic carbocycles. The Kier molecular flexibility index (Phi) is 3.29. The molecule has 1 aromatic rings. The van der Waals surface area contributed by atoms with E-state index in [2.05, 4.69) is 4.74 Å². The maximum absolute atomic E-state index is 13.0. The lowest BCUT2D eigenvalue weighted by Gasteiger charge is -2.07. The molecule has 2 nitrogen and oxygen atoms in total. The Morgan fingerprint density at radius 3 is 2.50 bits per heavy atom. The van der Waals surface area contributed by atoms with Crippen LogP contribution in [0, 0.1) is 11.6 Å². The summed E-state index contributed by atoms with van der Waals surface area (Å²) in [6, 6.07) is 0.621. The summed E-state index contributed by atoms with van der Waals surface area (Å²) >= 11 is 10.6. The van der Waals surface area contributed by atoms with Crippen molar-refractivity contribution in [3.63, 3.8) is 0 Å². The zero-order chi connectivity index (χ0) is 10.9. The molecule has 0 unspecified atom stereocenters. The molecule has 1 rings (SSSR count). The third kappa shape index (κ3) is 1.81. The van der Waals surface area contributed by atoms with Gasteiger partial charge in [0.2, 0.25) is 5.82 Å². The van der Waals surface area contributed by atoms with Crippen LogP contribution in [0.3, 0.4) is 0 Å². The van der Waals surface area contributed by atoms with Gasteiger partial charge < -0.3 is 4.74 Å². The van der Waals surface area contributed by atoms with Crippen LogP contribution in [0.25, 0.3) is 0 Å². The largest absolute Gasteiger partial charge is 0.492 e. The highest BCUT2D eigenvalue weighted by atomic mass is 35.5. The molecule has 0 N–H and O–H groups in total. The van der Waals surface area contributed by atoms with Crippen molar-refractivity contribution in [1.29, 1.82) is 0 Å². The van der Waals surface area contributed by atoms with Gasteiger partial charge in [0, 0.05) is 0 Å². The highest BCUT2D eigenvalue weighted by molar-refractivity contribution is 6.68. The molecule has 14 heavy (non-hydrogen) atoms. The minimum absolute atomic E-state index is 0.330. The fourth-order valence-electron chi connectivity index (χ4n) is 0.903. The van der Waals surface area contributed by atoms with E-state index in [1.54, 1.807) is 0 Å². The van der Waals surface area contributed by atoms with Crippen molar-refractivity contribution >= 4 is 28.4 Å². The average molecular weight is 241 g/mol. The normalized spacial score (nSPS) is 10.1. The lowest BCUT2D eigenvalue weighted by atomic mass is 10.2. The summed E-state index contributed by atoms with van der Waals surface area (Å²) in [5, 5.41) is -1.32. The molecule has 0 saturated heterocycles. The van der Waals surface area contributed by atoms with Crippen LogP contribution in [0.5, 0.6) is 5.75 Å². The predicted octanol–water partition coefficient (Wildman–Crippen LogP) is 3.01. The summed E-state index contributed by atoms with van der Waals surface area (Å²) in [4.78, 5) is 10.7. The molecular formula is C8H4Cl2F2O2. The van der Waals surface area contributed by atoms with Crippen molar-refractivity contribution in [3.05, 3.63) is 28.3 Å². The number of methoxy groups -OCH3 is 1. The van der Waals surface area contributed by atoms with Crippen molar-refractivity contribution in [1.82, 2.24) is 0 Å². The van der Waals surface area contributed by atoms with Crippen molar-refractivity contribution in [2.75, 3.05) is 7.11 Å². The first-order valence-electron chi connectivity index (χ1n) is 3.40. The van der Waals surface area contributed by atoms with Crippen LogP contribution in [-0.4, -0.2) is 12.4 Å². The summed E-state index contributed by atoms with van der Waals surface area (Å²) in [5.74, 6) is -3.02. The molecule has 6 heteroatoms. The van der Waals surface area contributed by atoms with Crippen molar-refractivity contribution in [2.45, 2.75) is 0 Å². The van der Waals surface area contributed by atoms with Gasteiger partial charge in [0.1, 0.15) is 0 Å². The molecule has 0 heterocycles. The number of benzene rings is 1. The van der Waals surface area contributed by atoms with E-state index in [4.69, 9.17) is 23.2 Å². The van der Waals surface area contributed by atoms with Crippen LogP contribution in [0.15, 0.2) is 6.07 Å². The standard InChI is InChI=1S/C8H4Cl2F2O2/c1-14-7-5(9)3(8(10)13)2-4(11)6(7)12/h2H,1H3. The third-order valence-corrected chi connectivity index (χ3v) is 2.11. The number of carbonyl (C=O) groups is 1. The first-order valence-corrected chi connectivity index (χ1v) is 4.16. The highest BCUT2D eigenvalue weighted by Crippen LogP contribution is 2.33. The van der Waals surface area contributed by atoms with Gasteiger partial charge in [-0.3, -0.25) is 4.79 Å². The molecule has 0 aromatic heterocycles. The van der Waals surface area contributed by atoms with E-state index in [1.807, 2.05) is 0 Å². The van der Waals surface area contributed by atoms with Gasteiger partial charge in [0.05, 0.1) is 17.7 Å². The summed E-state index contributed by atoms with van der Waals surface area (Å²) in [5.41, 5.74) is -0.330. The van der Waals surface area contributed by atoms with Gasteiger partial charge in [-0.05, 0) is 17.7 Å². The number of carbonyl (C=O) groups excluding carboxylic acids is 1. The monoisotopic (exact) mass is 240 g/mol. The Morgan fingerprint density at radius 1 is 1.50 bits per heavy atom. The molecule has 0 spiro atoms. The number of ether oxygens (including phenoxy) is 1. The van der Waals surface area contributed by atoms with E-state index in [0.717, 1.165) is 7.11 Å². The van der Waals surface area contributed by atoms with Gasteiger partial charge in [-0.1, -0.05) is 11.6 Å². The second-order valence-corrected chi connectivity index (χ2v) is 3.06. The van der Waals surface area contributed by atoms with Crippen molar-refractivity contribution < 1.29 is 18.3 Å². The molecule has 0 aliphatic heterocycles. The van der Waals surface area contributed by atoms with Crippen LogP contribution in [0.4, 0.5) is 8.78 Å². The lowest BCUT2D eigenvalue weighted by molar-refractivity contribution is 0.108. The molecular weight excluding hydrogens is 237 g/mol. The second kappa shape index (κ2) is 4.11. The number of hydrogen-bond acceptors (Lipinski definition) is 2. The number of halogens is 4. The number of hydrogen-bond donors (Lipinski definition) is 0. The minimum Gasteiger partial charge on any atom is -0.492 e. The second-order valence-electron chi connectivity index (χ2n) is 2.34. The van der Waals surface area contributed by atoms with E-state index in [1.165, 1.54) is 0 Å². The Balaban J connectivity index is 3.50. The fourth-order valence-corrected chi connectivity index (χ4v) is 1.40. The summed E-state index contributed by atoms with van der Waals surface area (Å²) in [7, 11) is 1.10.